The summed E-state index contributed by atoms with van der Waals surface area (Å²) in [6, 6.07) is 9.34. The van der Waals surface area contributed by atoms with Gasteiger partial charge in [0, 0.05) is 23.0 Å². The normalized spacial score (nSPS) is 9.29. The van der Waals surface area contributed by atoms with E-state index in [9.17, 15) is 5.11 Å². The fourth-order valence-corrected chi connectivity index (χ4v) is 2.68. The minimum atomic E-state index is 0.236. The van der Waals surface area contributed by atoms with Crippen molar-refractivity contribution in [3.05, 3.63) is 60.4 Å². The van der Waals surface area contributed by atoms with Gasteiger partial charge in [0.25, 0.3) is 0 Å². The van der Waals surface area contributed by atoms with Crippen molar-refractivity contribution in [2.75, 3.05) is 12.0 Å². The summed E-state index contributed by atoms with van der Waals surface area (Å²) in [6.07, 6.45) is 0.728. The molecule has 1 aromatic carbocycles. The monoisotopic (exact) mass is 384 g/mol. The average Bonchev–Trinajstić information content (AvgIpc) is 2.70. The summed E-state index contributed by atoms with van der Waals surface area (Å²) in [5, 5.41) is 10.1. The molecule has 2 rings (SSSR count). The molecule has 0 spiro atoms. The number of allylic oxidation sites excluding steroid dienone is 2. The highest BCUT2D eigenvalue weighted by molar-refractivity contribution is 5.72. The summed E-state index contributed by atoms with van der Waals surface area (Å²) in [6.45, 7) is 21.8. The average molecular weight is 385 g/mol. The van der Waals surface area contributed by atoms with E-state index in [0.717, 1.165) is 40.5 Å². The number of hydrogen-bond donors (Lipinski definition) is 1. The largest absolute Gasteiger partial charge is 0.508 e. The van der Waals surface area contributed by atoms with Crippen LogP contribution in [0.25, 0.3) is 11.3 Å². The van der Waals surface area contributed by atoms with Gasteiger partial charge in [-0.2, -0.15) is 0 Å². The maximum Gasteiger partial charge on any atom is 0.137 e. The second-order valence-corrected chi connectivity index (χ2v) is 5.72. The van der Waals surface area contributed by atoms with Crippen molar-refractivity contribution < 1.29 is 9.84 Å². The van der Waals surface area contributed by atoms with E-state index in [4.69, 9.17) is 9.72 Å². The Morgan fingerprint density at radius 2 is 1.64 bits per heavy atom. The maximum absolute atomic E-state index is 10.1. The Kier molecular flexibility index (Phi) is 11.4. The first-order chi connectivity index (χ1) is 13.4. The van der Waals surface area contributed by atoms with Crippen molar-refractivity contribution in [2.24, 2.45) is 0 Å². The van der Waals surface area contributed by atoms with Gasteiger partial charge in [-0.25, -0.2) is 4.98 Å². The Morgan fingerprint density at radius 3 is 2.11 bits per heavy atom. The number of phenolic OH excluding ortho intramolecular Hbond substituents is 1. The number of methoxy groups -OCH3 is 1. The fraction of sp³-hybridized carbons (Fsp3) is 0.375. The van der Waals surface area contributed by atoms with Gasteiger partial charge in [-0.05, 0) is 44.0 Å². The van der Waals surface area contributed by atoms with Crippen molar-refractivity contribution >= 4 is 5.82 Å². The first-order valence-corrected chi connectivity index (χ1v) is 9.87. The molecule has 1 heterocycles. The standard InChI is InChI=1S/C20H24N2O2.2C2H6/c1-7-15-11-16(19(24-6)12-18(15)23)17-9-8-10-20(21-17)22(13(2)3)14(4)5;2*1-2/h8-12,23H,2,4,7H2,1,3,5-6H3;2*1-2H3. The van der Waals surface area contributed by atoms with Crippen LogP contribution in [-0.4, -0.2) is 17.2 Å². The molecule has 0 bridgehead atoms. The molecule has 0 fully saturated rings. The van der Waals surface area contributed by atoms with Crippen LogP contribution >= 0.6 is 0 Å². The van der Waals surface area contributed by atoms with Crippen LogP contribution in [-0.2, 0) is 6.42 Å². The zero-order valence-electron chi connectivity index (χ0n) is 18.8. The smallest absolute Gasteiger partial charge is 0.137 e. The summed E-state index contributed by atoms with van der Waals surface area (Å²) in [7, 11) is 1.59. The second-order valence-electron chi connectivity index (χ2n) is 5.72. The number of anilines is 1. The zero-order valence-corrected chi connectivity index (χ0v) is 18.8. The van der Waals surface area contributed by atoms with Crippen LogP contribution in [0.15, 0.2) is 54.9 Å². The van der Waals surface area contributed by atoms with E-state index in [1.54, 1.807) is 13.2 Å². The predicted octanol–water partition coefficient (Wildman–Crippen LogP) is 6.95. The summed E-state index contributed by atoms with van der Waals surface area (Å²) in [5.74, 6) is 1.58. The van der Waals surface area contributed by atoms with Crippen LogP contribution in [0.5, 0.6) is 11.5 Å². The second kappa shape index (κ2) is 12.6. The SMILES string of the molecule is C=C(C)N(C(=C)C)c1cccc(-c2cc(CC)c(O)cc2OC)n1.CC.CC. The number of nitrogens with zero attached hydrogens (tertiary/aromatic N) is 2. The zero-order chi connectivity index (χ0) is 21.9. The Labute approximate surface area is 171 Å². The lowest BCUT2D eigenvalue weighted by Gasteiger charge is -2.24. The summed E-state index contributed by atoms with van der Waals surface area (Å²) in [5.41, 5.74) is 4.16. The molecule has 0 aliphatic carbocycles. The molecule has 4 heteroatoms. The van der Waals surface area contributed by atoms with Crippen molar-refractivity contribution in [1.29, 1.82) is 0 Å². The molecule has 0 aliphatic heterocycles. The number of benzene rings is 1. The molecule has 2 aromatic rings. The Morgan fingerprint density at radius 1 is 1.07 bits per heavy atom. The molecule has 28 heavy (non-hydrogen) atoms. The number of phenols is 1. The lowest BCUT2D eigenvalue weighted by atomic mass is 10.0. The highest BCUT2D eigenvalue weighted by Gasteiger charge is 2.15. The third-order valence-corrected chi connectivity index (χ3v) is 3.78. The van der Waals surface area contributed by atoms with Gasteiger partial charge in [-0.1, -0.05) is 53.8 Å². The van der Waals surface area contributed by atoms with Gasteiger partial charge < -0.3 is 14.7 Å². The van der Waals surface area contributed by atoms with Gasteiger partial charge in [0.05, 0.1) is 12.8 Å². The van der Waals surface area contributed by atoms with Gasteiger partial charge in [0.15, 0.2) is 0 Å². The molecule has 0 atom stereocenters. The molecule has 1 aromatic heterocycles. The van der Waals surface area contributed by atoms with Crippen LogP contribution in [0.3, 0.4) is 0 Å². The highest BCUT2D eigenvalue weighted by atomic mass is 16.5. The maximum atomic E-state index is 10.1. The number of aromatic nitrogens is 1. The lowest BCUT2D eigenvalue weighted by Crippen LogP contribution is -2.18. The van der Waals surface area contributed by atoms with Crippen LogP contribution < -0.4 is 9.64 Å². The first-order valence-electron chi connectivity index (χ1n) is 9.87. The van der Waals surface area contributed by atoms with Gasteiger partial charge in [-0.3, -0.25) is 0 Å². The van der Waals surface area contributed by atoms with Gasteiger partial charge >= 0.3 is 0 Å². The predicted molar refractivity (Wildman–Crippen MR) is 122 cm³/mol. The van der Waals surface area contributed by atoms with Gasteiger partial charge in [0.1, 0.15) is 17.3 Å². The summed E-state index contributed by atoms with van der Waals surface area (Å²) >= 11 is 0. The van der Waals surface area contributed by atoms with Crippen LogP contribution in [0.1, 0.15) is 54.0 Å². The Balaban J connectivity index is 0.00000171. The third-order valence-electron chi connectivity index (χ3n) is 3.78. The fourth-order valence-electron chi connectivity index (χ4n) is 2.68. The van der Waals surface area contributed by atoms with Crippen molar-refractivity contribution in [2.45, 2.75) is 54.9 Å². The molecule has 0 saturated heterocycles. The lowest BCUT2D eigenvalue weighted by molar-refractivity contribution is 0.408. The van der Waals surface area contributed by atoms with E-state index in [1.165, 1.54) is 0 Å². The molecule has 0 amide bonds. The summed E-state index contributed by atoms with van der Waals surface area (Å²) in [4.78, 5) is 6.64. The van der Waals surface area contributed by atoms with Crippen molar-refractivity contribution in [3.8, 4) is 22.8 Å². The van der Waals surface area contributed by atoms with E-state index in [2.05, 4.69) is 13.2 Å². The van der Waals surface area contributed by atoms with Gasteiger partial charge in [0.2, 0.25) is 0 Å². The molecular weight excluding hydrogens is 348 g/mol. The molecule has 4 nitrogen and oxygen atoms in total. The van der Waals surface area contributed by atoms with Crippen LogP contribution in [0.4, 0.5) is 5.82 Å². The van der Waals surface area contributed by atoms with E-state index >= 15 is 0 Å². The minimum Gasteiger partial charge on any atom is -0.508 e. The highest BCUT2D eigenvalue weighted by Crippen LogP contribution is 2.36. The Bertz CT molecular complexity index is 768. The molecule has 0 saturated carbocycles. The molecule has 0 unspecified atom stereocenters. The molecular formula is C24H36N2O2. The quantitative estimate of drug-likeness (QED) is 0.585. The van der Waals surface area contributed by atoms with Crippen LogP contribution in [0, 0.1) is 0 Å². The molecule has 1 N–H and O–H groups in total. The Hall–Kier alpha value is -2.75. The minimum absolute atomic E-state index is 0.236. The number of aryl methyl sites for hydroxylation is 1. The number of pyridine rings is 1. The topological polar surface area (TPSA) is 45.6 Å². The van der Waals surface area contributed by atoms with Crippen molar-refractivity contribution in [3.63, 3.8) is 0 Å². The number of ether oxygens (including phenoxy) is 1. The third kappa shape index (κ3) is 6.15. The van der Waals surface area contributed by atoms with E-state index in [0.29, 0.717) is 5.75 Å². The number of hydrogen-bond acceptors (Lipinski definition) is 4. The molecule has 154 valence electrons. The van der Waals surface area contributed by atoms with Crippen LogP contribution in [0.2, 0.25) is 0 Å². The number of aromatic hydroxyl groups is 1. The van der Waals surface area contributed by atoms with E-state index in [-0.39, 0.29) is 5.75 Å². The van der Waals surface area contributed by atoms with Gasteiger partial charge in [-0.15, -0.1) is 0 Å². The number of rotatable bonds is 6. The van der Waals surface area contributed by atoms with E-state index < -0.39 is 0 Å². The van der Waals surface area contributed by atoms with E-state index in [1.807, 2.05) is 77.6 Å². The summed E-state index contributed by atoms with van der Waals surface area (Å²) < 4.78 is 5.43. The molecule has 0 radical (unpaired) electrons. The molecule has 0 aliphatic rings. The first kappa shape index (κ1) is 25.2. The van der Waals surface area contributed by atoms with Crippen molar-refractivity contribution in [1.82, 2.24) is 4.98 Å².